The van der Waals surface area contributed by atoms with Crippen molar-refractivity contribution in [2.24, 2.45) is 5.16 Å². The maximum atomic E-state index is 12.6. The summed E-state index contributed by atoms with van der Waals surface area (Å²) < 4.78 is 40.0. The lowest BCUT2D eigenvalue weighted by Gasteiger charge is -2.28. The summed E-state index contributed by atoms with van der Waals surface area (Å²) in [5.74, 6) is 4.27. The number of benzene rings is 4. The van der Waals surface area contributed by atoms with Gasteiger partial charge in [-0.15, -0.1) is 0 Å². The average molecular weight is 754 g/mol. The maximum Gasteiger partial charge on any atom is 0.255 e. The Bertz CT molecular complexity index is 1920. The topological polar surface area (TPSA) is 127 Å². The normalized spacial score (nSPS) is 15.8. The molecule has 2 N–H and O–H groups in total. The minimum Gasteiger partial charge on any atom is -0.493 e. The molecule has 6 rings (SSSR count). The van der Waals surface area contributed by atoms with E-state index in [9.17, 15) is 4.79 Å². The molecule has 0 aromatic heterocycles. The lowest BCUT2D eigenvalue weighted by Crippen LogP contribution is -2.38. The number of fused-ring (bicyclic) bond motifs is 1. The number of rotatable bonds is 20. The molecule has 1 amide bonds. The van der Waals surface area contributed by atoms with Gasteiger partial charge in [-0.2, -0.15) is 0 Å². The zero-order chi connectivity index (χ0) is 38.6. The quantitative estimate of drug-likeness (QED) is 0.0847. The molecule has 0 radical (unpaired) electrons. The van der Waals surface area contributed by atoms with Crippen molar-refractivity contribution in [1.82, 2.24) is 5.32 Å². The van der Waals surface area contributed by atoms with Crippen molar-refractivity contribution in [2.75, 3.05) is 54.1 Å². The first kappa shape index (κ1) is 38.9. The molecule has 0 spiro atoms. The van der Waals surface area contributed by atoms with Crippen LogP contribution in [0.2, 0.25) is 0 Å². The Morgan fingerprint density at radius 3 is 1.91 bits per heavy atom. The van der Waals surface area contributed by atoms with Crippen molar-refractivity contribution >= 4 is 17.3 Å². The number of oxime groups is 1. The highest BCUT2D eigenvalue weighted by molar-refractivity contribution is 6.02. The van der Waals surface area contributed by atoms with Gasteiger partial charge in [0.2, 0.25) is 5.75 Å². The summed E-state index contributed by atoms with van der Waals surface area (Å²) in [7, 11) is 8.04. The number of nitrogens with one attached hydrogen (secondary N) is 2. The zero-order valence-electron chi connectivity index (χ0n) is 32.3. The fourth-order valence-corrected chi connectivity index (χ4v) is 6.79. The Balaban J connectivity index is 0.880. The number of methoxy groups -OCH3 is 5. The molecule has 4 aromatic carbocycles. The van der Waals surface area contributed by atoms with E-state index in [1.165, 1.54) is 0 Å². The van der Waals surface area contributed by atoms with Gasteiger partial charge in [-0.3, -0.25) is 4.79 Å². The zero-order valence-corrected chi connectivity index (χ0v) is 32.3. The van der Waals surface area contributed by atoms with Gasteiger partial charge in [0.05, 0.1) is 60.0 Å². The summed E-state index contributed by atoms with van der Waals surface area (Å²) in [6, 6.07) is 22.9. The summed E-state index contributed by atoms with van der Waals surface area (Å²) in [4.78, 5) is 18.4. The van der Waals surface area contributed by atoms with E-state index in [-0.39, 0.29) is 18.2 Å². The first-order valence-corrected chi connectivity index (χ1v) is 18.8. The van der Waals surface area contributed by atoms with Gasteiger partial charge in [0.15, 0.2) is 40.6 Å². The Morgan fingerprint density at radius 2 is 1.24 bits per heavy atom. The fraction of sp³-hybridized carbons (Fsp3) is 0.395. The highest BCUT2D eigenvalue weighted by Crippen LogP contribution is 2.42. The van der Waals surface area contributed by atoms with Crippen LogP contribution in [0.1, 0.15) is 90.7 Å². The predicted octanol–water partition coefficient (Wildman–Crippen LogP) is 8.64. The molecule has 0 aliphatic carbocycles. The van der Waals surface area contributed by atoms with E-state index < -0.39 is 0 Å². The average Bonchev–Trinajstić information content (AvgIpc) is 3.73. The highest BCUT2D eigenvalue weighted by Gasteiger charge is 2.28. The number of ether oxygens (including phenoxy) is 7. The van der Waals surface area contributed by atoms with Crippen LogP contribution in [0.15, 0.2) is 78.0 Å². The third kappa shape index (κ3) is 9.48. The standard InChI is InChI=1S/C43H51N3O9/c1-48-34-19-17-28(33-27-36(55-46-33)30-25-39(50-3)41(52-5)40(26-30)51-4)23-38(34)54-22-14-10-8-6-7-9-13-21-53-35-20-18-29(24-37(35)49-2)42-44-32-16-12-11-15-31(32)43(47)45-42/h11-12,15-20,23-26,36,42,44H,6-10,13-14,21-22,27H2,1-5H3,(H,45,47). The van der Waals surface area contributed by atoms with Crippen LogP contribution in [0.25, 0.3) is 0 Å². The molecule has 4 aromatic rings. The molecule has 55 heavy (non-hydrogen) atoms. The van der Waals surface area contributed by atoms with E-state index in [0.717, 1.165) is 73.0 Å². The molecule has 2 atom stereocenters. The van der Waals surface area contributed by atoms with Crippen LogP contribution < -0.4 is 43.8 Å². The van der Waals surface area contributed by atoms with E-state index in [4.69, 9.17) is 38.0 Å². The first-order valence-electron chi connectivity index (χ1n) is 18.8. The van der Waals surface area contributed by atoms with E-state index in [2.05, 4.69) is 15.8 Å². The van der Waals surface area contributed by atoms with Gasteiger partial charge in [-0.1, -0.05) is 55.5 Å². The van der Waals surface area contributed by atoms with Crippen LogP contribution in [-0.2, 0) is 4.84 Å². The van der Waals surface area contributed by atoms with E-state index >= 15 is 0 Å². The van der Waals surface area contributed by atoms with Crippen LogP contribution >= 0.6 is 0 Å². The number of unbranched alkanes of at least 4 members (excludes halogenated alkanes) is 6. The molecule has 12 heteroatoms. The first-order chi connectivity index (χ1) is 27.0. The number of carbonyl (C=O) groups is 1. The third-order valence-corrected chi connectivity index (χ3v) is 9.80. The Labute approximate surface area is 323 Å². The van der Waals surface area contributed by atoms with Crippen LogP contribution in [0.5, 0.6) is 40.2 Å². The number of carbonyl (C=O) groups excluding carboxylic acids is 1. The van der Waals surface area contributed by atoms with Gasteiger partial charge < -0.3 is 48.6 Å². The van der Waals surface area contributed by atoms with Crippen molar-refractivity contribution < 1.29 is 42.8 Å². The number of anilines is 1. The summed E-state index contributed by atoms with van der Waals surface area (Å²) in [6.07, 6.45) is 7.47. The van der Waals surface area contributed by atoms with Gasteiger partial charge in [-0.25, -0.2) is 0 Å². The SMILES string of the molecule is COc1cc(C2NC(=O)c3ccccc3N2)ccc1OCCCCCCCCCOc1cc(C2=NOC(c3cc(OC)c(OC)c(OC)c3)C2)ccc1OC. The van der Waals surface area contributed by atoms with Crippen molar-refractivity contribution in [3.8, 4) is 40.2 Å². The minimum absolute atomic E-state index is 0.106. The molecule has 2 aliphatic heterocycles. The lowest BCUT2D eigenvalue weighted by molar-refractivity contribution is 0.0853. The maximum absolute atomic E-state index is 12.6. The molecule has 12 nitrogen and oxygen atoms in total. The summed E-state index contributed by atoms with van der Waals surface area (Å²) in [6.45, 7) is 1.21. The van der Waals surface area contributed by atoms with Gasteiger partial charge in [-0.05, 0) is 73.0 Å². The van der Waals surface area contributed by atoms with Crippen LogP contribution in [0.4, 0.5) is 5.69 Å². The predicted molar refractivity (Wildman–Crippen MR) is 211 cm³/mol. The molecular formula is C43H51N3O9. The molecule has 2 aliphatic rings. The molecule has 0 saturated carbocycles. The van der Waals surface area contributed by atoms with Crippen molar-refractivity contribution in [3.63, 3.8) is 0 Å². The molecular weight excluding hydrogens is 702 g/mol. The van der Waals surface area contributed by atoms with Crippen molar-refractivity contribution in [2.45, 2.75) is 63.6 Å². The number of amides is 1. The monoisotopic (exact) mass is 753 g/mol. The number of hydrogen-bond acceptors (Lipinski definition) is 11. The summed E-state index contributed by atoms with van der Waals surface area (Å²) in [5, 5.41) is 10.8. The van der Waals surface area contributed by atoms with Crippen molar-refractivity contribution in [1.29, 1.82) is 0 Å². The smallest absolute Gasteiger partial charge is 0.255 e. The lowest BCUT2D eigenvalue weighted by atomic mass is 9.99. The second-order valence-corrected chi connectivity index (χ2v) is 13.3. The van der Waals surface area contributed by atoms with Gasteiger partial charge >= 0.3 is 0 Å². The molecule has 2 heterocycles. The summed E-state index contributed by atoms with van der Waals surface area (Å²) in [5.41, 5.74) is 4.96. The second kappa shape index (κ2) is 19.0. The van der Waals surface area contributed by atoms with Gasteiger partial charge in [0.1, 0.15) is 6.17 Å². The Hall–Kier alpha value is -5.78. The second-order valence-electron chi connectivity index (χ2n) is 13.3. The Morgan fingerprint density at radius 1 is 0.618 bits per heavy atom. The Kier molecular flexibility index (Phi) is 13.5. The molecule has 0 fully saturated rings. The van der Waals surface area contributed by atoms with E-state index in [0.29, 0.717) is 65.4 Å². The highest BCUT2D eigenvalue weighted by atomic mass is 16.6. The fourth-order valence-electron chi connectivity index (χ4n) is 6.79. The third-order valence-electron chi connectivity index (χ3n) is 9.80. The largest absolute Gasteiger partial charge is 0.493 e. The van der Waals surface area contributed by atoms with Crippen LogP contribution in [0.3, 0.4) is 0 Å². The minimum atomic E-state index is -0.351. The molecule has 2 unspecified atom stereocenters. The van der Waals surface area contributed by atoms with Crippen molar-refractivity contribution in [3.05, 3.63) is 95.1 Å². The number of hydrogen-bond donors (Lipinski definition) is 2. The molecule has 292 valence electrons. The van der Waals surface area contributed by atoms with E-state index in [1.807, 2.05) is 66.7 Å². The number of para-hydroxylation sites is 1. The summed E-state index contributed by atoms with van der Waals surface area (Å²) >= 11 is 0. The number of nitrogens with zero attached hydrogens (tertiary/aromatic N) is 1. The van der Waals surface area contributed by atoms with Crippen LogP contribution in [-0.4, -0.2) is 60.4 Å². The van der Waals surface area contributed by atoms with E-state index in [1.54, 1.807) is 41.6 Å². The van der Waals surface area contributed by atoms with Gasteiger partial charge in [0.25, 0.3) is 5.91 Å². The van der Waals surface area contributed by atoms with Crippen LogP contribution in [0, 0.1) is 0 Å². The molecule has 0 saturated heterocycles. The molecule has 0 bridgehead atoms. The van der Waals surface area contributed by atoms with Gasteiger partial charge in [0, 0.05) is 23.2 Å².